The molecule has 0 spiro atoms. The third-order valence-corrected chi connectivity index (χ3v) is 6.85. The SMILES string of the molecule is CC(C(N)=O)n1c(=O)[nH]c2ccc(C3=NC(Cc4ccccc4Cl)C(=O)Nc4ccc(Cl)cc43)cc21. The number of rotatable bonds is 5. The number of aromatic amines is 1. The van der Waals surface area contributed by atoms with Crippen LogP contribution in [0.4, 0.5) is 5.69 Å². The summed E-state index contributed by atoms with van der Waals surface area (Å²) in [4.78, 5) is 45.3. The summed E-state index contributed by atoms with van der Waals surface area (Å²) >= 11 is 12.7. The number of aromatic nitrogens is 2. The highest BCUT2D eigenvalue weighted by Gasteiger charge is 2.27. The minimum absolute atomic E-state index is 0.282. The number of halogens is 2. The van der Waals surface area contributed by atoms with E-state index in [1.165, 1.54) is 4.57 Å². The topological polar surface area (TPSA) is 122 Å². The van der Waals surface area contributed by atoms with Gasteiger partial charge in [0.1, 0.15) is 12.1 Å². The highest BCUT2D eigenvalue weighted by molar-refractivity contribution is 6.32. The number of H-pyrrole nitrogens is 1. The lowest BCUT2D eigenvalue weighted by atomic mass is 9.99. The largest absolute Gasteiger partial charge is 0.368 e. The van der Waals surface area contributed by atoms with E-state index in [0.29, 0.717) is 43.6 Å². The number of hydrogen-bond donors (Lipinski definition) is 3. The molecule has 0 aliphatic carbocycles. The molecule has 2 unspecified atom stereocenters. The van der Waals surface area contributed by atoms with Gasteiger partial charge in [0.15, 0.2) is 0 Å². The zero-order valence-electron chi connectivity index (χ0n) is 19.1. The first kappa shape index (κ1) is 23.8. The molecule has 1 aliphatic rings. The van der Waals surface area contributed by atoms with Gasteiger partial charge in [-0.3, -0.25) is 19.1 Å². The molecule has 4 N–H and O–H groups in total. The number of benzodiazepines with no additional fused rings is 1. The number of benzene rings is 3. The van der Waals surface area contributed by atoms with Crippen molar-refractivity contribution in [3.8, 4) is 0 Å². The van der Waals surface area contributed by atoms with Crippen LogP contribution in [0.25, 0.3) is 11.0 Å². The molecule has 5 rings (SSSR count). The number of primary amides is 1. The van der Waals surface area contributed by atoms with E-state index in [4.69, 9.17) is 33.9 Å². The molecular formula is C26H21Cl2N5O3. The number of carbonyl (C=O) groups is 2. The zero-order valence-corrected chi connectivity index (χ0v) is 20.6. The van der Waals surface area contributed by atoms with Gasteiger partial charge in [0.05, 0.1) is 22.4 Å². The van der Waals surface area contributed by atoms with E-state index in [1.54, 1.807) is 49.4 Å². The Morgan fingerprint density at radius 2 is 1.89 bits per heavy atom. The second-order valence-corrected chi connectivity index (χ2v) is 9.42. The number of aliphatic imine (C=N–C) groups is 1. The first-order chi connectivity index (χ1) is 17.2. The van der Waals surface area contributed by atoms with Crippen LogP contribution >= 0.6 is 23.2 Å². The molecule has 2 amide bonds. The highest BCUT2D eigenvalue weighted by atomic mass is 35.5. The summed E-state index contributed by atoms with van der Waals surface area (Å²) in [5, 5.41) is 3.97. The Morgan fingerprint density at radius 3 is 2.64 bits per heavy atom. The van der Waals surface area contributed by atoms with Crippen LogP contribution in [0.2, 0.25) is 10.0 Å². The van der Waals surface area contributed by atoms with Gasteiger partial charge in [-0.15, -0.1) is 0 Å². The quantitative estimate of drug-likeness (QED) is 0.366. The lowest BCUT2D eigenvalue weighted by Crippen LogP contribution is -2.30. The summed E-state index contributed by atoms with van der Waals surface area (Å²) < 4.78 is 1.31. The number of hydrogen-bond acceptors (Lipinski definition) is 4. The van der Waals surface area contributed by atoms with Crippen molar-refractivity contribution in [3.05, 3.63) is 97.9 Å². The number of carbonyl (C=O) groups excluding carboxylic acids is 2. The monoisotopic (exact) mass is 521 g/mol. The van der Waals surface area contributed by atoms with Gasteiger partial charge in [0, 0.05) is 27.6 Å². The van der Waals surface area contributed by atoms with E-state index in [0.717, 1.165) is 5.56 Å². The van der Waals surface area contributed by atoms with Crippen molar-refractivity contribution in [3.63, 3.8) is 0 Å². The van der Waals surface area contributed by atoms with Gasteiger partial charge in [-0.1, -0.05) is 47.5 Å². The lowest BCUT2D eigenvalue weighted by molar-refractivity contribution is -0.120. The predicted molar refractivity (Wildman–Crippen MR) is 141 cm³/mol. The normalized spacial score (nSPS) is 16.1. The highest BCUT2D eigenvalue weighted by Crippen LogP contribution is 2.30. The molecule has 0 bridgehead atoms. The smallest absolute Gasteiger partial charge is 0.327 e. The van der Waals surface area contributed by atoms with Gasteiger partial charge in [0.25, 0.3) is 0 Å². The summed E-state index contributed by atoms with van der Waals surface area (Å²) in [6.07, 6.45) is 0.284. The van der Waals surface area contributed by atoms with Gasteiger partial charge in [-0.2, -0.15) is 0 Å². The fraction of sp³-hybridized carbons (Fsp3) is 0.154. The van der Waals surface area contributed by atoms with Crippen molar-refractivity contribution in [1.82, 2.24) is 9.55 Å². The van der Waals surface area contributed by atoms with Crippen molar-refractivity contribution < 1.29 is 9.59 Å². The van der Waals surface area contributed by atoms with Crippen LogP contribution in [0.1, 0.15) is 29.7 Å². The third-order valence-electron chi connectivity index (χ3n) is 6.24. The summed E-state index contributed by atoms with van der Waals surface area (Å²) in [6, 6.07) is 16.1. The molecule has 3 aromatic carbocycles. The minimum atomic E-state index is -0.865. The second-order valence-electron chi connectivity index (χ2n) is 8.58. The Morgan fingerprint density at radius 1 is 1.11 bits per heavy atom. The average Bonchev–Trinajstić information content (AvgIpc) is 3.11. The Bertz CT molecular complexity index is 1620. The van der Waals surface area contributed by atoms with Crippen LogP contribution in [0.5, 0.6) is 0 Å². The van der Waals surface area contributed by atoms with Gasteiger partial charge < -0.3 is 16.0 Å². The summed E-state index contributed by atoms with van der Waals surface area (Å²) in [5.74, 6) is -0.919. The number of nitrogens with one attached hydrogen (secondary N) is 2. The first-order valence-corrected chi connectivity index (χ1v) is 11.9. The molecule has 2 heterocycles. The fourth-order valence-corrected chi connectivity index (χ4v) is 4.73. The second kappa shape index (κ2) is 9.29. The number of anilines is 1. The van der Waals surface area contributed by atoms with Crippen molar-refractivity contribution in [1.29, 1.82) is 0 Å². The molecule has 8 nitrogen and oxygen atoms in total. The molecule has 1 aromatic heterocycles. The van der Waals surface area contributed by atoms with Crippen LogP contribution in [-0.2, 0) is 16.0 Å². The molecule has 0 fully saturated rings. The maximum Gasteiger partial charge on any atom is 0.327 e. The number of imidazole rings is 1. The summed E-state index contributed by atoms with van der Waals surface area (Å²) in [5.41, 5.74) is 9.18. The lowest BCUT2D eigenvalue weighted by Gasteiger charge is -2.13. The van der Waals surface area contributed by atoms with E-state index in [2.05, 4.69) is 10.3 Å². The number of fused-ring (bicyclic) bond motifs is 2. The molecule has 0 radical (unpaired) electrons. The van der Waals surface area contributed by atoms with Crippen LogP contribution < -0.4 is 16.7 Å². The van der Waals surface area contributed by atoms with Crippen LogP contribution in [0.15, 0.2) is 70.5 Å². The predicted octanol–water partition coefficient (Wildman–Crippen LogP) is 4.08. The van der Waals surface area contributed by atoms with Crippen molar-refractivity contribution in [2.75, 3.05) is 5.32 Å². The Hall–Kier alpha value is -3.88. The Balaban J connectivity index is 1.70. The van der Waals surface area contributed by atoms with Gasteiger partial charge in [-0.05, 0) is 48.9 Å². The van der Waals surface area contributed by atoms with Gasteiger partial charge in [0.2, 0.25) is 11.8 Å². The first-order valence-electron chi connectivity index (χ1n) is 11.2. The van der Waals surface area contributed by atoms with E-state index >= 15 is 0 Å². The molecule has 2 atom stereocenters. The van der Waals surface area contributed by atoms with Crippen LogP contribution in [-0.4, -0.2) is 33.1 Å². The van der Waals surface area contributed by atoms with E-state index < -0.39 is 23.7 Å². The zero-order chi connectivity index (χ0) is 25.6. The maximum absolute atomic E-state index is 13.2. The molecule has 0 saturated heterocycles. The van der Waals surface area contributed by atoms with Crippen LogP contribution in [0.3, 0.4) is 0 Å². The molecule has 36 heavy (non-hydrogen) atoms. The van der Waals surface area contributed by atoms with E-state index in [1.807, 2.05) is 18.2 Å². The van der Waals surface area contributed by atoms with Crippen molar-refractivity contribution in [2.24, 2.45) is 10.7 Å². The number of amides is 2. The fourth-order valence-electron chi connectivity index (χ4n) is 4.34. The summed E-state index contributed by atoms with van der Waals surface area (Å²) in [7, 11) is 0. The molecule has 182 valence electrons. The molecule has 4 aromatic rings. The Labute approximate surface area is 215 Å². The van der Waals surface area contributed by atoms with Crippen molar-refractivity contribution >= 4 is 57.4 Å². The van der Waals surface area contributed by atoms with Crippen molar-refractivity contribution in [2.45, 2.75) is 25.4 Å². The molecular weight excluding hydrogens is 501 g/mol. The summed E-state index contributed by atoms with van der Waals surface area (Å²) in [6.45, 7) is 1.56. The third kappa shape index (κ3) is 4.29. The molecule has 1 aliphatic heterocycles. The van der Waals surface area contributed by atoms with Gasteiger partial charge >= 0.3 is 5.69 Å². The van der Waals surface area contributed by atoms with E-state index in [9.17, 15) is 14.4 Å². The maximum atomic E-state index is 13.2. The van der Waals surface area contributed by atoms with E-state index in [-0.39, 0.29) is 12.3 Å². The number of nitrogens with zero attached hydrogens (tertiary/aromatic N) is 2. The standard InChI is InChI=1S/C26H21Cl2N5O3/c1-13(24(29)34)33-22-11-15(6-8-20(22)32-26(33)36)23-17-12-16(27)7-9-19(17)31-25(35)21(30-23)10-14-4-2-3-5-18(14)28/h2-9,11-13,21H,10H2,1H3,(H2,29,34)(H,31,35)(H,32,36). The van der Waals surface area contributed by atoms with Gasteiger partial charge in [-0.25, -0.2) is 4.79 Å². The molecule has 0 saturated carbocycles. The minimum Gasteiger partial charge on any atom is -0.368 e. The van der Waals surface area contributed by atoms with Crippen LogP contribution in [0, 0.1) is 0 Å². The molecule has 10 heteroatoms. The Kier molecular flexibility index (Phi) is 6.15. The number of nitrogens with two attached hydrogens (primary N) is 1. The average molecular weight is 522 g/mol.